The molecule has 4 heteroatoms. The second-order valence-corrected chi connectivity index (χ2v) is 10.5. The maximum atomic E-state index is 12.5. The average Bonchev–Trinajstić information content (AvgIpc) is 2.98. The van der Waals surface area contributed by atoms with Gasteiger partial charge in [0.05, 0.1) is 0 Å². The Morgan fingerprint density at radius 3 is 1.40 bits per heavy atom. The van der Waals surface area contributed by atoms with Crippen LogP contribution in [-0.2, 0) is 0 Å². The van der Waals surface area contributed by atoms with Crippen molar-refractivity contribution in [1.29, 1.82) is 0 Å². The minimum atomic E-state index is -0.687. The van der Waals surface area contributed by atoms with Gasteiger partial charge < -0.3 is 0 Å². The first-order valence-corrected chi connectivity index (χ1v) is 10.8. The van der Waals surface area contributed by atoms with Crippen LogP contribution in [0.15, 0.2) is 55.8 Å². The summed E-state index contributed by atoms with van der Waals surface area (Å²) in [5.41, 5.74) is 1.65. The Morgan fingerprint density at radius 1 is 0.600 bits per heavy atom. The number of ketones is 2. The molecule has 4 rings (SSSR count). The van der Waals surface area contributed by atoms with E-state index < -0.39 is 41.8 Å². The first-order chi connectivity index (χ1) is 9.75. The molecule has 0 fully saturated rings. The molecular weight excluding hydrogens is 479 g/mol. The molecule has 0 N–H and O–H groups in total. The predicted molar refractivity (Wildman–Crippen MR) is 79.3 cm³/mol. The predicted octanol–water partition coefficient (Wildman–Crippen LogP) is 0.650. The van der Waals surface area contributed by atoms with Gasteiger partial charge in [0.1, 0.15) is 0 Å². The number of carbonyl (C=O) groups is 2. The van der Waals surface area contributed by atoms with Crippen LogP contribution in [0.2, 0.25) is 0 Å². The van der Waals surface area contributed by atoms with E-state index in [0.717, 1.165) is 18.4 Å². The van der Waals surface area contributed by atoms with Crippen LogP contribution in [0.3, 0.4) is 0 Å². The third-order valence-electron chi connectivity index (χ3n) is 3.31. The van der Waals surface area contributed by atoms with Gasteiger partial charge in [-0.2, -0.15) is 0 Å². The number of fused-ring (bicyclic) bond motifs is 2. The normalized spacial score (nSPS) is 20.2. The first kappa shape index (κ1) is 12.8. The van der Waals surface area contributed by atoms with Crippen LogP contribution in [-0.4, -0.2) is 53.4 Å². The van der Waals surface area contributed by atoms with Crippen molar-refractivity contribution in [2.45, 2.75) is 0 Å². The summed E-state index contributed by atoms with van der Waals surface area (Å²) in [6.45, 7) is 0. The van der Waals surface area contributed by atoms with Crippen molar-refractivity contribution in [3.63, 3.8) is 0 Å². The Morgan fingerprint density at radius 2 is 1.00 bits per heavy atom. The number of rotatable bonds is 0. The summed E-state index contributed by atoms with van der Waals surface area (Å²) in [5, 5.41) is 0. The summed E-state index contributed by atoms with van der Waals surface area (Å²) < 4.78 is 4.11. The summed E-state index contributed by atoms with van der Waals surface area (Å²) in [7, 11) is 0. The number of carbonyl (C=O) groups excluding carboxylic acids is 2. The zero-order valence-electron chi connectivity index (χ0n) is 10.3. The Bertz CT molecular complexity index is 738. The number of hydrogen-bond donors (Lipinski definition) is 0. The van der Waals surface area contributed by atoms with Gasteiger partial charge in [0.15, 0.2) is 0 Å². The van der Waals surface area contributed by atoms with Crippen molar-refractivity contribution < 1.29 is 9.59 Å². The van der Waals surface area contributed by atoms with E-state index in [1.807, 2.05) is 48.5 Å². The summed E-state index contributed by atoms with van der Waals surface area (Å²) in [4.78, 5) is 25.0. The van der Waals surface area contributed by atoms with Crippen molar-refractivity contribution in [3.8, 4) is 0 Å². The van der Waals surface area contributed by atoms with Gasteiger partial charge in [0.25, 0.3) is 0 Å². The van der Waals surface area contributed by atoms with Gasteiger partial charge in [-0.15, -0.1) is 0 Å². The molecule has 0 saturated carbocycles. The van der Waals surface area contributed by atoms with Gasteiger partial charge in [0, 0.05) is 0 Å². The number of allylic oxidation sites excluding steroid dienone is 2. The summed E-state index contributed by atoms with van der Waals surface area (Å²) >= 11 is -1.37. The zero-order chi connectivity index (χ0) is 13.7. The molecule has 0 radical (unpaired) electrons. The molecule has 0 saturated heterocycles. The molecule has 0 bridgehead atoms. The minimum absolute atomic E-state index is 0.115. The van der Waals surface area contributed by atoms with Gasteiger partial charge in [-0.25, -0.2) is 0 Å². The van der Waals surface area contributed by atoms with E-state index in [1.165, 1.54) is 7.22 Å². The molecule has 2 aliphatic heterocycles. The van der Waals surface area contributed by atoms with Crippen molar-refractivity contribution in [1.82, 2.24) is 0 Å². The third-order valence-corrected chi connectivity index (χ3v) is 11.2. The van der Waals surface area contributed by atoms with Crippen LogP contribution in [0.25, 0.3) is 0 Å². The Balaban J connectivity index is 1.85. The van der Waals surface area contributed by atoms with Crippen molar-refractivity contribution in [3.05, 3.63) is 66.9 Å². The molecular formula is C16H8O2Te2. The third kappa shape index (κ3) is 1.84. The molecule has 0 unspecified atom stereocenters. The maximum absolute atomic E-state index is 12.5. The zero-order valence-corrected chi connectivity index (χ0v) is 14.9. The molecule has 96 valence electrons. The van der Waals surface area contributed by atoms with Crippen LogP contribution in [0.5, 0.6) is 0 Å². The van der Waals surface area contributed by atoms with Crippen molar-refractivity contribution in [2.75, 3.05) is 0 Å². The molecule has 2 aliphatic rings. The van der Waals surface area contributed by atoms with Gasteiger partial charge in [0.2, 0.25) is 0 Å². The van der Waals surface area contributed by atoms with Crippen LogP contribution < -0.4 is 7.22 Å². The SMILES string of the molecule is O=C1/C(=C2\[Te]c3ccccc3C2=O)[Te]c2ccccc21. The molecule has 0 atom stereocenters. The summed E-state index contributed by atoms with van der Waals surface area (Å²) in [6.07, 6.45) is 0. The van der Waals surface area contributed by atoms with E-state index >= 15 is 0 Å². The van der Waals surface area contributed by atoms with Crippen molar-refractivity contribution >= 4 is 60.6 Å². The van der Waals surface area contributed by atoms with Crippen LogP contribution in [0, 0.1) is 0 Å². The number of Topliss-reactive ketones (excluding diaryl/α,β-unsaturated/α-hetero) is 2. The Kier molecular flexibility index (Phi) is 3.09. The first-order valence-electron chi connectivity index (χ1n) is 6.13. The van der Waals surface area contributed by atoms with Gasteiger partial charge in [-0.1, -0.05) is 0 Å². The molecule has 2 nitrogen and oxygen atoms in total. The fourth-order valence-corrected chi connectivity index (χ4v) is 9.79. The fourth-order valence-electron chi connectivity index (χ4n) is 2.34. The molecule has 0 aliphatic carbocycles. The molecule has 2 aromatic rings. The second kappa shape index (κ2) is 4.83. The molecule has 0 aromatic heterocycles. The Hall–Kier alpha value is -0.901. The monoisotopic (exact) mass is 492 g/mol. The van der Waals surface area contributed by atoms with Gasteiger partial charge in [-0.05, 0) is 0 Å². The molecule has 2 heterocycles. The standard InChI is InChI=1S/C16H8O2Te2/c17-13-9-5-1-3-7-11(9)19-15(13)16-14(18)10-6-2-4-8-12(10)20-16/h1-8H/b16-15+. The topological polar surface area (TPSA) is 34.1 Å². The molecule has 20 heavy (non-hydrogen) atoms. The quantitative estimate of drug-likeness (QED) is 0.404. The van der Waals surface area contributed by atoms with E-state index in [2.05, 4.69) is 0 Å². The second-order valence-electron chi connectivity index (χ2n) is 4.51. The molecule has 0 spiro atoms. The van der Waals surface area contributed by atoms with Crippen LogP contribution in [0.4, 0.5) is 0 Å². The van der Waals surface area contributed by atoms with E-state index in [0.29, 0.717) is 0 Å². The van der Waals surface area contributed by atoms with E-state index in [4.69, 9.17) is 0 Å². The molecule has 2 aromatic carbocycles. The van der Waals surface area contributed by atoms with Crippen LogP contribution in [0.1, 0.15) is 20.7 Å². The Labute approximate surface area is 136 Å². The fraction of sp³-hybridized carbons (Fsp3) is 0. The van der Waals surface area contributed by atoms with Crippen LogP contribution >= 0.6 is 0 Å². The van der Waals surface area contributed by atoms with Gasteiger partial charge in [-0.3, -0.25) is 0 Å². The summed E-state index contributed by atoms with van der Waals surface area (Å²) in [5.74, 6) is 0.230. The van der Waals surface area contributed by atoms with E-state index in [9.17, 15) is 9.59 Å². The average molecular weight is 487 g/mol. The van der Waals surface area contributed by atoms with E-state index in [1.54, 1.807) is 0 Å². The summed E-state index contributed by atoms with van der Waals surface area (Å²) in [6, 6.07) is 15.6. The van der Waals surface area contributed by atoms with E-state index in [-0.39, 0.29) is 11.6 Å². The molecule has 0 amide bonds. The van der Waals surface area contributed by atoms with Crippen molar-refractivity contribution in [2.24, 2.45) is 0 Å². The number of hydrogen-bond acceptors (Lipinski definition) is 2. The number of benzene rings is 2. The van der Waals surface area contributed by atoms with Gasteiger partial charge >= 0.3 is 137 Å².